The van der Waals surface area contributed by atoms with E-state index in [0.29, 0.717) is 26.9 Å². The average Bonchev–Trinajstić information content (AvgIpc) is 2.89. The van der Waals surface area contributed by atoms with E-state index < -0.39 is 28.7 Å². The molecule has 0 spiro atoms. The molecule has 0 saturated heterocycles. The van der Waals surface area contributed by atoms with Crippen LogP contribution >= 0.6 is 23.2 Å². The molecule has 1 aliphatic carbocycles. The van der Waals surface area contributed by atoms with Gasteiger partial charge >= 0.3 is 10.2 Å². The van der Waals surface area contributed by atoms with Crippen molar-refractivity contribution in [3.8, 4) is 0 Å². The van der Waals surface area contributed by atoms with Crippen LogP contribution in [-0.2, 0) is 26.3 Å². The van der Waals surface area contributed by atoms with Crippen molar-refractivity contribution in [1.29, 1.82) is 0 Å². The first-order valence-corrected chi connectivity index (χ1v) is 15.3. The van der Waals surface area contributed by atoms with Crippen molar-refractivity contribution >= 4 is 50.9 Å². The number of anilines is 1. The fraction of sp³-hybridized carbons (Fsp3) is 0.500. The van der Waals surface area contributed by atoms with Crippen LogP contribution in [0.25, 0.3) is 0 Å². The van der Waals surface area contributed by atoms with Crippen molar-refractivity contribution < 1.29 is 18.0 Å². The Morgan fingerprint density at radius 1 is 1.00 bits per heavy atom. The van der Waals surface area contributed by atoms with Gasteiger partial charge in [-0.2, -0.15) is 12.7 Å². The number of carbonyl (C=O) groups excluding carboxylic acids is 2. The van der Waals surface area contributed by atoms with E-state index in [2.05, 4.69) is 5.32 Å². The van der Waals surface area contributed by atoms with Gasteiger partial charge in [0.2, 0.25) is 11.8 Å². The summed E-state index contributed by atoms with van der Waals surface area (Å²) in [4.78, 5) is 28.7. The maximum atomic E-state index is 13.9. The molecule has 8 nitrogen and oxygen atoms in total. The minimum atomic E-state index is -4.03. The molecule has 39 heavy (non-hydrogen) atoms. The summed E-state index contributed by atoms with van der Waals surface area (Å²) < 4.78 is 29.0. The van der Waals surface area contributed by atoms with Gasteiger partial charge in [-0.3, -0.25) is 9.59 Å². The topological polar surface area (TPSA) is 90.0 Å². The summed E-state index contributed by atoms with van der Waals surface area (Å²) in [5.74, 6) is -0.789. The van der Waals surface area contributed by atoms with Crippen LogP contribution in [0.3, 0.4) is 0 Å². The molecule has 1 N–H and O–H groups in total. The van der Waals surface area contributed by atoms with Crippen molar-refractivity contribution in [3.05, 3.63) is 63.1 Å². The standard InChI is InChI=1S/C28H38Cl2N4O4S/c1-19-11-12-20(2)26(15-19)34(39(37,38)32(4)5)18-27(35)33(17-22-13-14-24(29)25(30)16-22)21(3)28(36)31-23-9-7-6-8-10-23/h11-16,21,23H,6-10,17-18H2,1-5H3,(H,31,36)/t21-/m1/s1. The molecule has 0 bridgehead atoms. The normalized spacial score (nSPS) is 15.2. The summed E-state index contributed by atoms with van der Waals surface area (Å²) in [6, 6.07) is 9.68. The zero-order valence-electron chi connectivity index (χ0n) is 23.2. The molecule has 0 unspecified atom stereocenters. The van der Waals surface area contributed by atoms with Crippen LogP contribution in [0.1, 0.15) is 55.7 Å². The minimum absolute atomic E-state index is 0.0532. The highest BCUT2D eigenvalue weighted by Gasteiger charge is 2.34. The van der Waals surface area contributed by atoms with Crippen LogP contribution in [0.4, 0.5) is 5.69 Å². The van der Waals surface area contributed by atoms with Crippen molar-refractivity contribution in [2.75, 3.05) is 24.9 Å². The van der Waals surface area contributed by atoms with Crippen LogP contribution in [-0.4, -0.2) is 62.2 Å². The maximum Gasteiger partial charge on any atom is 0.304 e. The Kier molecular flexibility index (Phi) is 10.7. The molecule has 0 radical (unpaired) electrons. The molecule has 2 aromatic rings. The molecule has 0 aliphatic heterocycles. The second-order valence-corrected chi connectivity index (χ2v) is 13.3. The molecule has 214 valence electrons. The van der Waals surface area contributed by atoms with Crippen LogP contribution in [0.15, 0.2) is 36.4 Å². The third kappa shape index (κ3) is 7.87. The number of aryl methyl sites for hydroxylation is 2. The Balaban J connectivity index is 1.97. The number of halogens is 2. The molecule has 1 atom stereocenters. The molecule has 11 heteroatoms. The molecule has 0 aromatic heterocycles. The van der Waals surface area contributed by atoms with Gasteiger partial charge in [-0.1, -0.05) is 60.7 Å². The average molecular weight is 598 g/mol. The molecule has 1 aliphatic rings. The van der Waals surface area contributed by atoms with Gasteiger partial charge in [-0.15, -0.1) is 0 Å². The first-order valence-electron chi connectivity index (χ1n) is 13.1. The highest BCUT2D eigenvalue weighted by atomic mass is 35.5. The molecule has 0 heterocycles. The molecular formula is C28H38Cl2N4O4S. The minimum Gasteiger partial charge on any atom is -0.352 e. The van der Waals surface area contributed by atoms with Gasteiger partial charge in [-0.05, 0) is 68.5 Å². The van der Waals surface area contributed by atoms with Gasteiger partial charge in [0.15, 0.2) is 0 Å². The van der Waals surface area contributed by atoms with E-state index in [4.69, 9.17) is 23.2 Å². The summed E-state index contributed by atoms with van der Waals surface area (Å²) in [5.41, 5.74) is 2.64. The first kappa shape index (κ1) is 31.2. The van der Waals surface area contributed by atoms with Gasteiger partial charge in [0.25, 0.3) is 0 Å². The number of rotatable bonds is 10. The molecule has 2 amide bonds. The van der Waals surface area contributed by atoms with E-state index in [0.717, 1.165) is 46.3 Å². The number of nitrogens with zero attached hydrogens (tertiary/aromatic N) is 3. The third-order valence-corrected chi connectivity index (χ3v) is 9.65. The summed E-state index contributed by atoms with van der Waals surface area (Å²) in [6.45, 7) is 4.89. The third-order valence-electron chi connectivity index (χ3n) is 7.11. The Morgan fingerprint density at radius 3 is 2.28 bits per heavy atom. The molecular weight excluding hydrogens is 559 g/mol. The largest absolute Gasteiger partial charge is 0.352 e. The van der Waals surface area contributed by atoms with E-state index >= 15 is 0 Å². The number of carbonyl (C=O) groups is 2. The predicted octanol–water partition coefficient (Wildman–Crippen LogP) is 5.09. The zero-order chi connectivity index (χ0) is 28.9. The van der Waals surface area contributed by atoms with Crippen LogP contribution in [0.5, 0.6) is 0 Å². The highest BCUT2D eigenvalue weighted by Crippen LogP contribution is 2.27. The van der Waals surface area contributed by atoms with Crippen molar-refractivity contribution in [3.63, 3.8) is 0 Å². The quantitative estimate of drug-likeness (QED) is 0.413. The number of hydrogen-bond acceptors (Lipinski definition) is 4. The van der Waals surface area contributed by atoms with E-state index in [-0.39, 0.29) is 18.5 Å². The van der Waals surface area contributed by atoms with E-state index in [1.165, 1.54) is 19.0 Å². The predicted molar refractivity (Wildman–Crippen MR) is 157 cm³/mol. The maximum absolute atomic E-state index is 13.9. The lowest BCUT2D eigenvalue weighted by Crippen LogP contribution is -2.53. The lowest BCUT2D eigenvalue weighted by molar-refractivity contribution is -0.139. The number of nitrogens with one attached hydrogen (secondary N) is 1. The fourth-order valence-electron chi connectivity index (χ4n) is 4.68. The van der Waals surface area contributed by atoms with E-state index in [9.17, 15) is 18.0 Å². The number of amides is 2. The Labute approximate surface area is 242 Å². The lowest BCUT2D eigenvalue weighted by atomic mass is 9.95. The monoisotopic (exact) mass is 596 g/mol. The van der Waals surface area contributed by atoms with E-state index in [1.54, 1.807) is 38.1 Å². The van der Waals surface area contributed by atoms with Gasteiger partial charge < -0.3 is 10.2 Å². The fourth-order valence-corrected chi connectivity index (χ4v) is 6.11. The summed E-state index contributed by atoms with van der Waals surface area (Å²) >= 11 is 12.3. The molecule has 2 aromatic carbocycles. The van der Waals surface area contributed by atoms with Crippen molar-refractivity contribution in [2.45, 2.75) is 71.5 Å². The van der Waals surface area contributed by atoms with Crippen LogP contribution < -0.4 is 9.62 Å². The SMILES string of the molecule is Cc1ccc(C)c(N(CC(=O)N(Cc2ccc(Cl)c(Cl)c2)[C@H](C)C(=O)NC2CCCCC2)S(=O)(=O)N(C)C)c1. The van der Waals surface area contributed by atoms with Crippen LogP contribution in [0.2, 0.25) is 10.0 Å². The molecule has 1 saturated carbocycles. The lowest BCUT2D eigenvalue weighted by Gasteiger charge is -2.34. The van der Waals surface area contributed by atoms with E-state index in [1.807, 2.05) is 19.1 Å². The van der Waals surface area contributed by atoms with Crippen molar-refractivity contribution in [2.24, 2.45) is 0 Å². The van der Waals surface area contributed by atoms with Crippen molar-refractivity contribution in [1.82, 2.24) is 14.5 Å². The second kappa shape index (κ2) is 13.4. The zero-order valence-corrected chi connectivity index (χ0v) is 25.5. The second-order valence-electron chi connectivity index (χ2n) is 10.4. The molecule has 1 fully saturated rings. The summed E-state index contributed by atoms with van der Waals surface area (Å²) in [6.07, 6.45) is 5.07. The van der Waals surface area contributed by atoms with Gasteiger partial charge in [-0.25, -0.2) is 4.31 Å². The van der Waals surface area contributed by atoms with Crippen LogP contribution in [0, 0.1) is 13.8 Å². The number of benzene rings is 2. The van der Waals surface area contributed by atoms with Gasteiger partial charge in [0, 0.05) is 26.7 Å². The molecule has 3 rings (SSSR count). The Morgan fingerprint density at radius 2 is 1.67 bits per heavy atom. The smallest absolute Gasteiger partial charge is 0.304 e. The van der Waals surface area contributed by atoms with Gasteiger partial charge in [0.1, 0.15) is 12.6 Å². The Bertz CT molecular complexity index is 1300. The Hall–Kier alpha value is -2.33. The highest BCUT2D eigenvalue weighted by molar-refractivity contribution is 7.90. The van der Waals surface area contributed by atoms with Gasteiger partial charge in [0.05, 0.1) is 15.7 Å². The number of hydrogen-bond donors (Lipinski definition) is 1. The summed E-state index contributed by atoms with van der Waals surface area (Å²) in [7, 11) is -1.19. The summed E-state index contributed by atoms with van der Waals surface area (Å²) in [5, 5.41) is 3.79. The first-order chi connectivity index (χ1) is 18.3.